The van der Waals surface area contributed by atoms with Gasteiger partial charge in [0, 0.05) is 0 Å². The van der Waals surface area contributed by atoms with Crippen LogP contribution in [0, 0.1) is 0 Å². The molecule has 0 radical (unpaired) electrons. The zero-order valence-electron chi connectivity index (χ0n) is 8.60. The zero-order chi connectivity index (χ0) is 11.0. The Bertz CT molecular complexity index is 229. The minimum absolute atomic E-state index is 0. The van der Waals surface area contributed by atoms with E-state index in [1.807, 2.05) is 6.92 Å². The monoisotopic (exact) mass is 250 g/mol. The van der Waals surface area contributed by atoms with Gasteiger partial charge in [-0.1, -0.05) is 26.7 Å². The van der Waals surface area contributed by atoms with E-state index in [-0.39, 0.29) is 42.6 Å². The molecule has 0 fully saturated rings. The molecule has 5 nitrogen and oxygen atoms in total. The molecule has 0 saturated heterocycles. The van der Waals surface area contributed by atoms with Crippen LogP contribution in [0.2, 0.25) is 0 Å². The van der Waals surface area contributed by atoms with Crippen molar-refractivity contribution < 1.29 is 22.7 Å². The Labute approximate surface area is 113 Å². The summed E-state index contributed by atoms with van der Waals surface area (Å²) in [5.41, 5.74) is -1.51. The molecule has 0 saturated carbocycles. The molecule has 1 atom stereocenters. The van der Waals surface area contributed by atoms with Crippen LogP contribution >= 0.6 is 0 Å². The van der Waals surface area contributed by atoms with Crippen molar-refractivity contribution >= 4 is 39.7 Å². The van der Waals surface area contributed by atoms with E-state index in [2.05, 4.69) is 9.22 Å². The van der Waals surface area contributed by atoms with E-state index in [1.165, 1.54) is 0 Å². The van der Waals surface area contributed by atoms with Crippen LogP contribution in [0.1, 0.15) is 39.5 Å². The summed E-state index contributed by atoms with van der Waals surface area (Å²) < 4.78 is 26.1. The number of aliphatic hydroxyl groups is 1. The normalized spacial score (nSPS) is 13.3. The van der Waals surface area contributed by atoms with Crippen LogP contribution in [-0.2, 0) is 19.3 Å². The first-order valence-electron chi connectivity index (χ1n) is 4.77. The van der Waals surface area contributed by atoms with Crippen molar-refractivity contribution in [1.29, 1.82) is 0 Å². The standard InChI is InChI=1S/C8H18O5S.Na.H/c1-3-5-6-7-12-13-14(10,11)8(9)4-2;;/h8-9H,3-7H2,1-2H3;;. The fourth-order valence-electron chi connectivity index (χ4n) is 0.762. The number of aliphatic hydroxyl groups excluding tert-OH is 1. The molecule has 0 aromatic carbocycles. The average molecular weight is 250 g/mol. The molecule has 0 aliphatic heterocycles. The van der Waals surface area contributed by atoms with Crippen molar-refractivity contribution in [1.82, 2.24) is 0 Å². The summed E-state index contributed by atoms with van der Waals surface area (Å²) in [5, 5.41) is 9.00. The van der Waals surface area contributed by atoms with Crippen LogP contribution < -0.4 is 0 Å². The zero-order valence-corrected chi connectivity index (χ0v) is 9.42. The first kappa shape index (κ1) is 18.2. The van der Waals surface area contributed by atoms with Crippen molar-refractivity contribution in [2.75, 3.05) is 6.61 Å². The first-order valence-corrected chi connectivity index (χ1v) is 6.24. The van der Waals surface area contributed by atoms with Gasteiger partial charge in [-0.25, -0.2) is 4.89 Å². The van der Waals surface area contributed by atoms with Gasteiger partial charge >= 0.3 is 39.7 Å². The predicted octanol–water partition coefficient (Wildman–Crippen LogP) is 0.534. The molecular formula is C8H19NaO5S. The van der Waals surface area contributed by atoms with Gasteiger partial charge in [-0.05, 0) is 12.8 Å². The molecular weight excluding hydrogens is 231 g/mol. The topological polar surface area (TPSA) is 72.8 Å². The van der Waals surface area contributed by atoms with Crippen LogP contribution in [-0.4, -0.2) is 55.1 Å². The third kappa shape index (κ3) is 8.62. The maximum atomic E-state index is 11.0. The fourth-order valence-corrected chi connectivity index (χ4v) is 1.46. The molecule has 15 heavy (non-hydrogen) atoms. The van der Waals surface area contributed by atoms with Gasteiger partial charge in [-0.2, -0.15) is 8.42 Å². The molecule has 0 aliphatic rings. The van der Waals surface area contributed by atoms with Gasteiger partial charge in [0.2, 0.25) is 0 Å². The van der Waals surface area contributed by atoms with Gasteiger partial charge in [0.05, 0.1) is 6.61 Å². The van der Waals surface area contributed by atoms with E-state index >= 15 is 0 Å². The van der Waals surface area contributed by atoms with Crippen LogP contribution in [0.4, 0.5) is 0 Å². The summed E-state index contributed by atoms with van der Waals surface area (Å²) in [6, 6.07) is 0. The molecule has 0 aliphatic carbocycles. The Kier molecular flexibility index (Phi) is 12.2. The Hall–Kier alpha value is 0.830. The van der Waals surface area contributed by atoms with Crippen molar-refractivity contribution in [3.05, 3.63) is 0 Å². The molecule has 0 amide bonds. The average Bonchev–Trinajstić information content (AvgIpc) is 2.16. The Balaban J connectivity index is 0. The second kappa shape index (κ2) is 10.0. The Morgan fingerprint density at radius 2 is 1.87 bits per heavy atom. The Morgan fingerprint density at radius 3 is 2.33 bits per heavy atom. The summed E-state index contributed by atoms with van der Waals surface area (Å²) in [6.45, 7) is 3.80. The van der Waals surface area contributed by atoms with Gasteiger partial charge in [-0.3, -0.25) is 0 Å². The number of rotatable bonds is 8. The van der Waals surface area contributed by atoms with Crippen molar-refractivity contribution in [3.8, 4) is 0 Å². The van der Waals surface area contributed by atoms with E-state index in [0.717, 1.165) is 19.3 Å². The van der Waals surface area contributed by atoms with Crippen LogP contribution in [0.15, 0.2) is 0 Å². The quantitative estimate of drug-likeness (QED) is 0.294. The van der Waals surface area contributed by atoms with Crippen LogP contribution in [0.3, 0.4) is 0 Å². The number of hydrogen-bond donors (Lipinski definition) is 1. The van der Waals surface area contributed by atoms with E-state index in [1.54, 1.807) is 6.92 Å². The van der Waals surface area contributed by atoms with Gasteiger partial charge in [0.1, 0.15) is 0 Å². The molecule has 0 rings (SSSR count). The molecule has 0 aromatic heterocycles. The number of hydrogen-bond acceptors (Lipinski definition) is 5. The maximum absolute atomic E-state index is 11.0. The van der Waals surface area contributed by atoms with Crippen LogP contribution in [0.5, 0.6) is 0 Å². The molecule has 0 aromatic rings. The second-order valence-corrected chi connectivity index (χ2v) is 4.62. The molecule has 1 unspecified atom stereocenters. The van der Waals surface area contributed by atoms with Gasteiger partial charge in [0.25, 0.3) is 0 Å². The first-order chi connectivity index (χ1) is 6.54. The number of unbranched alkanes of at least 4 members (excludes halogenated alkanes) is 2. The minimum atomic E-state index is -3.96. The Morgan fingerprint density at radius 1 is 1.27 bits per heavy atom. The van der Waals surface area contributed by atoms with E-state index in [4.69, 9.17) is 5.11 Å². The van der Waals surface area contributed by atoms with E-state index in [0.29, 0.717) is 0 Å². The van der Waals surface area contributed by atoms with Crippen LogP contribution in [0.25, 0.3) is 0 Å². The third-order valence-corrected chi connectivity index (χ3v) is 2.94. The second-order valence-electron chi connectivity index (χ2n) is 2.95. The van der Waals surface area contributed by atoms with E-state index in [9.17, 15) is 8.42 Å². The SMILES string of the molecule is CCCCCOOS(=O)(=O)C(O)CC.[NaH]. The summed E-state index contributed by atoms with van der Waals surface area (Å²) in [6.07, 6.45) is 2.81. The van der Waals surface area contributed by atoms with Gasteiger partial charge < -0.3 is 5.11 Å². The van der Waals surface area contributed by atoms with Crippen molar-refractivity contribution in [2.24, 2.45) is 0 Å². The van der Waals surface area contributed by atoms with Crippen molar-refractivity contribution in [2.45, 2.75) is 45.0 Å². The molecule has 88 valence electrons. The summed E-state index contributed by atoms with van der Waals surface area (Å²) in [4.78, 5) is 4.48. The molecule has 0 spiro atoms. The predicted molar refractivity (Wildman–Crippen MR) is 58.9 cm³/mol. The molecule has 0 bridgehead atoms. The summed E-state index contributed by atoms with van der Waals surface area (Å²) in [5.74, 6) is 0. The van der Waals surface area contributed by atoms with Gasteiger partial charge in [0.15, 0.2) is 5.44 Å². The van der Waals surface area contributed by atoms with E-state index < -0.39 is 15.6 Å². The molecule has 1 N–H and O–H groups in total. The fraction of sp³-hybridized carbons (Fsp3) is 1.00. The molecule has 7 heteroatoms. The van der Waals surface area contributed by atoms with Crippen molar-refractivity contribution in [3.63, 3.8) is 0 Å². The van der Waals surface area contributed by atoms with Gasteiger partial charge in [-0.15, -0.1) is 4.33 Å². The third-order valence-electron chi connectivity index (χ3n) is 1.66. The summed E-state index contributed by atoms with van der Waals surface area (Å²) >= 11 is 0. The molecule has 0 heterocycles. The summed E-state index contributed by atoms with van der Waals surface area (Å²) in [7, 11) is -3.96.